The van der Waals surface area contributed by atoms with Crippen molar-refractivity contribution in [1.29, 1.82) is 0 Å². The molecule has 1 aromatic carbocycles. The van der Waals surface area contributed by atoms with Crippen molar-refractivity contribution in [2.75, 3.05) is 0 Å². The fourth-order valence-corrected chi connectivity index (χ4v) is 3.62. The predicted molar refractivity (Wildman–Crippen MR) is 117 cm³/mol. The lowest BCUT2D eigenvalue weighted by atomic mass is 10.1. The van der Waals surface area contributed by atoms with Crippen molar-refractivity contribution in [2.45, 2.75) is 32.9 Å². The number of carbonyl (C=O) groups is 2. The van der Waals surface area contributed by atoms with Gasteiger partial charge in [0.05, 0.1) is 29.5 Å². The third kappa shape index (κ3) is 4.52. The molecule has 3 heterocycles. The summed E-state index contributed by atoms with van der Waals surface area (Å²) in [6, 6.07) is 6.35. The Hall–Kier alpha value is -4.28. The number of hydrogen-bond donors (Lipinski definition) is 2. The van der Waals surface area contributed by atoms with Crippen molar-refractivity contribution < 1.29 is 19.1 Å². The third-order valence-corrected chi connectivity index (χ3v) is 5.25. The summed E-state index contributed by atoms with van der Waals surface area (Å²) in [7, 11) is 1.67. The average Bonchev–Trinajstić information content (AvgIpc) is 3.41. The molecule has 0 radical (unpaired) electrons. The van der Waals surface area contributed by atoms with E-state index in [4.69, 9.17) is 9.52 Å². The quantitative estimate of drug-likeness (QED) is 0.431. The van der Waals surface area contributed by atoms with E-state index in [1.165, 1.54) is 15.5 Å². The van der Waals surface area contributed by atoms with Gasteiger partial charge in [-0.15, -0.1) is 5.10 Å². The highest BCUT2D eigenvalue weighted by atomic mass is 16.4. The normalized spacial score (nSPS) is 12.1. The van der Waals surface area contributed by atoms with Crippen molar-refractivity contribution >= 4 is 22.9 Å². The van der Waals surface area contributed by atoms with Crippen LogP contribution in [0.1, 0.15) is 44.8 Å². The summed E-state index contributed by atoms with van der Waals surface area (Å²) in [4.78, 5) is 40.2. The van der Waals surface area contributed by atoms with E-state index in [1.807, 2.05) is 6.92 Å². The van der Waals surface area contributed by atoms with E-state index in [-0.39, 0.29) is 29.8 Å². The molecule has 2 N–H and O–H groups in total. The fraction of sp³-hybridized carbons (Fsp3) is 0.273. The summed E-state index contributed by atoms with van der Waals surface area (Å²) in [6.45, 7) is 3.69. The molecule has 1 amide bonds. The molecule has 11 nitrogen and oxygen atoms in total. The van der Waals surface area contributed by atoms with Crippen LogP contribution in [0.2, 0.25) is 0 Å². The number of aryl methyl sites for hydroxylation is 2. The van der Waals surface area contributed by atoms with Crippen LogP contribution in [0.25, 0.3) is 11.0 Å². The maximum atomic E-state index is 12.7. The number of aromatic nitrogens is 5. The largest absolute Gasteiger partial charge is 0.475 e. The lowest BCUT2D eigenvalue weighted by molar-refractivity contribution is 0.0660. The monoisotopic (exact) mass is 450 g/mol. The predicted octanol–water partition coefficient (Wildman–Crippen LogP) is 1.53. The summed E-state index contributed by atoms with van der Waals surface area (Å²) in [5, 5.41) is 20.2. The molecule has 170 valence electrons. The van der Waals surface area contributed by atoms with Crippen LogP contribution in [-0.2, 0) is 20.0 Å². The first kappa shape index (κ1) is 21.9. The van der Waals surface area contributed by atoms with Gasteiger partial charge in [0.25, 0.3) is 11.5 Å². The van der Waals surface area contributed by atoms with Gasteiger partial charge in [-0.05, 0) is 38.1 Å². The Kier molecular flexibility index (Phi) is 5.78. The molecule has 33 heavy (non-hydrogen) atoms. The van der Waals surface area contributed by atoms with E-state index in [0.717, 1.165) is 0 Å². The van der Waals surface area contributed by atoms with E-state index in [9.17, 15) is 14.4 Å². The molecule has 1 unspecified atom stereocenters. The molecule has 0 bridgehead atoms. The van der Waals surface area contributed by atoms with Crippen molar-refractivity contribution in [3.63, 3.8) is 0 Å². The maximum Gasteiger partial charge on any atom is 0.372 e. The van der Waals surface area contributed by atoms with Crippen LogP contribution in [0.5, 0.6) is 0 Å². The maximum absolute atomic E-state index is 12.7. The highest BCUT2D eigenvalue weighted by molar-refractivity contribution is 5.97. The van der Waals surface area contributed by atoms with Gasteiger partial charge >= 0.3 is 5.97 Å². The van der Waals surface area contributed by atoms with Gasteiger partial charge in [-0.3, -0.25) is 9.59 Å². The van der Waals surface area contributed by atoms with Gasteiger partial charge in [0.15, 0.2) is 0 Å². The number of fused-ring (bicyclic) bond motifs is 1. The number of benzene rings is 1. The van der Waals surface area contributed by atoms with E-state index < -0.39 is 5.97 Å². The first-order chi connectivity index (χ1) is 15.7. The number of carbonyl (C=O) groups excluding carboxylic acids is 1. The van der Waals surface area contributed by atoms with Gasteiger partial charge in [-0.2, -0.15) is 0 Å². The Labute approximate surface area is 187 Å². The minimum atomic E-state index is -1.15. The number of furan rings is 1. The number of carboxylic acids is 1. The lowest BCUT2D eigenvalue weighted by Gasteiger charge is -2.13. The standard InChI is InChI=1S/C22H22N6O5/c1-12(8-16-11-28(26-25-16)10-15-6-7-33-19(15)22(31)32)23-20(29)14-4-5-18-17(9-14)24-13(2)21(30)27(18)3/h4-7,9,11-12H,8,10H2,1-3H3,(H,23,29)(H,31,32). The molecular weight excluding hydrogens is 428 g/mol. The van der Waals surface area contributed by atoms with Crippen molar-refractivity contribution in [2.24, 2.45) is 7.05 Å². The Morgan fingerprint density at radius 3 is 2.82 bits per heavy atom. The second-order valence-electron chi connectivity index (χ2n) is 7.83. The number of hydrogen-bond acceptors (Lipinski definition) is 7. The van der Waals surface area contributed by atoms with Gasteiger partial charge in [0.2, 0.25) is 5.76 Å². The summed E-state index contributed by atoms with van der Waals surface area (Å²) < 4.78 is 8.00. The highest BCUT2D eigenvalue weighted by Gasteiger charge is 2.17. The Bertz CT molecular complexity index is 1420. The van der Waals surface area contributed by atoms with Crippen molar-refractivity contribution in [3.05, 3.63) is 75.4 Å². The Morgan fingerprint density at radius 1 is 1.27 bits per heavy atom. The van der Waals surface area contributed by atoms with E-state index in [0.29, 0.717) is 40.0 Å². The van der Waals surface area contributed by atoms with E-state index >= 15 is 0 Å². The summed E-state index contributed by atoms with van der Waals surface area (Å²) in [6.07, 6.45) is 3.45. The van der Waals surface area contributed by atoms with E-state index in [1.54, 1.807) is 44.4 Å². The van der Waals surface area contributed by atoms with Gasteiger partial charge < -0.3 is 19.4 Å². The number of nitrogens with one attached hydrogen (secondary N) is 1. The zero-order valence-corrected chi connectivity index (χ0v) is 18.3. The Balaban J connectivity index is 1.42. The molecule has 4 aromatic rings. The molecule has 0 saturated heterocycles. The molecule has 0 saturated carbocycles. The SMILES string of the molecule is Cc1nc2cc(C(=O)NC(C)Cc3cn(Cc4ccoc4C(=O)O)nn3)ccc2n(C)c1=O. The van der Waals surface area contributed by atoms with Crippen molar-refractivity contribution in [1.82, 2.24) is 29.9 Å². The van der Waals surface area contributed by atoms with E-state index in [2.05, 4.69) is 20.6 Å². The summed E-state index contributed by atoms with van der Waals surface area (Å²) >= 11 is 0. The second kappa shape index (κ2) is 8.69. The third-order valence-electron chi connectivity index (χ3n) is 5.25. The minimum Gasteiger partial charge on any atom is -0.475 e. The number of rotatable bonds is 7. The van der Waals surface area contributed by atoms with Crippen LogP contribution in [-0.4, -0.2) is 47.6 Å². The van der Waals surface area contributed by atoms with Crippen LogP contribution in [0, 0.1) is 6.92 Å². The zero-order valence-electron chi connectivity index (χ0n) is 18.3. The molecule has 0 fully saturated rings. The van der Waals surface area contributed by atoms with Crippen LogP contribution in [0.4, 0.5) is 0 Å². The number of carboxylic acid groups (broad SMARTS) is 1. The first-order valence-corrected chi connectivity index (χ1v) is 10.2. The Morgan fingerprint density at radius 2 is 2.06 bits per heavy atom. The van der Waals surface area contributed by atoms with Crippen LogP contribution < -0.4 is 10.9 Å². The van der Waals surface area contributed by atoms with Gasteiger partial charge in [-0.1, -0.05) is 5.21 Å². The smallest absolute Gasteiger partial charge is 0.372 e. The number of aromatic carboxylic acids is 1. The summed E-state index contributed by atoms with van der Waals surface area (Å²) in [5.41, 5.74) is 2.98. The van der Waals surface area contributed by atoms with Gasteiger partial charge in [0, 0.05) is 36.8 Å². The molecule has 11 heteroatoms. The topological polar surface area (TPSA) is 145 Å². The van der Waals surface area contributed by atoms with Crippen molar-refractivity contribution in [3.8, 4) is 0 Å². The molecule has 1 atom stereocenters. The van der Waals surface area contributed by atoms with Crippen LogP contribution in [0.3, 0.4) is 0 Å². The molecule has 0 aliphatic rings. The lowest BCUT2D eigenvalue weighted by Crippen LogP contribution is -2.34. The number of amides is 1. The van der Waals surface area contributed by atoms with Crippen LogP contribution in [0.15, 0.2) is 45.9 Å². The molecule has 0 aliphatic carbocycles. The molecule has 0 spiro atoms. The average molecular weight is 450 g/mol. The molecule has 0 aliphatic heterocycles. The highest BCUT2D eigenvalue weighted by Crippen LogP contribution is 2.14. The minimum absolute atomic E-state index is 0.132. The molecule has 4 rings (SSSR count). The molecule has 3 aromatic heterocycles. The zero-order chi connectivity index (χ0) is 23.7. The number of nitrogens with zero attached hydrogens (tertiary/aromatic N) is 5. The molecular formula is C22H22N6O5. The first-order valence-electron chi connectivity index (χ1n) is 10.2. The fourth-order valence-electron chi connectivity index (χ4n) is 3.62. The van der Waals surface area contributed by atoms with Gasteiger partial charge in [-0.25, -0.2) is 14.5 Å². The summed E-state index contributed by atoms with van der Waals surface area (Å²) in [5.74, 6) is -1.55. The van der Waals surface area contributed by atoms with Gasteiger partial charge in [0.1, 0.15) is 5.69 Å². The van der Waals surface area contributed by atoms with Crippen LogP contribution >= 0.6 is 0 Å². The second-order valence-corrected chi connectivity index (χ2v) is 7.83.